The molecule has 18 heavy (non-hydrogen) atoms. The first-order valence-corrected chi connectivity index (χ1v) is 6.61. The molecule has 0 spiro atoms. The first kappa shape index (κ1) is 15.4. The number of hydrogen-bond donors (Lipinski definition) is 1. The van der Waals surface area contributed by atoms with Crippen molar-refractivity contribution in [2.75, 3.05) is 33.2 Å². The third-order valence-corrected chi connectivity index (χ3v) is 3.34. The number of nitrogens with zero attached hydrogens (tertiary/aromatic N) is 2. The molecule has 0 aromatic heterocycles. The van der Waals surface area contributed by atoms with Crippen molar-refractivity contribution in [2.24, 2.45) is 5.73 Å². The van der Waals surface area contributed by atoms with Gasteiger partial charge in [0.25, 0.3) is 0 Å². The molecule has 0 aromatic carbocycles. The first-order valence-electron chi connectivity index (χ1n) is 6.61. The van der Waals surface area contributed by atoms with Crippen LogP contribution in [-0.4, -0.2) is 66.7 Å². The van der Waals surface area contributed by atoms with E-state index in [4.69, 9.17) is 10.5 Å². The van der Waals surface area contributed by atoms with Crippen molar-refractivity contribution in [1.82, 2.24) is 9.80 Å². The Morgan fingerprint density at radius 2 is 2.17 bits per heavy atom. The molecule has 0 aromatic rings. The summed E-state index contributed by atoms with van der Waals surface area (Å²) < 4.78 is 5.85. The summed E-state index contributed by atoms with van der Waals surface area (Å²) in [5.41, 5.74) is 5.44. The molecule has 5 nitrogen and oxygen atoms in total. The van der Waals surface area contributed by atoms with Gasteiger partial charge >= 0.3 is 0 Å². The van der Waals surface area contributed by atoms with Crippen LogP contribution in [0.3, 0.4) is 0 Å². The highest BCUT2D eigenvalue weighted by Crippen LogP contribution is 2.20. The van der Waals surface area contributed by atoms with Crippen LogP contribution < -0.4 is 5.73 Å². The summed E-state index contributed by atoms with van der Waals surface area (Å²) in [6.07, 6.45) is 0.0194. The zero-order valence-corrected chi connectivity index (χ0v) is 12.3. The molecule has 1 fully saturated rings. The van der Waals surface area contributed by atoms with Gasteiger partial charge in [-0.3, -0.25) is 9.69 Å². The van der Waals surface area contributed by atoms with E-state index < -0.39 is 0 Å². The highest BCUT2D eigenvalue weighted by Gasteiger charge is 2.33. The van der Waals surface area contributed by atoms with Crippen molar-refractivity contribution < 1.29 is 9.53 Å². The summed E-state index contributed by atoms with van der Waals surface area (Å²) in [5, 5.41) is 0. The van der Waals surface area contributed by atoms with Crippen molar-refractivity contribution in [1.29, 1.82) is 0 Å². The number of morpholine rings is 1. The third-order valence-electron chi connectivity index (χ3n) is 3.34. The number of hydrogen-bond acceptors (Lipinski definition) is 4. The Hall–Kier alpha value is -0.650. The van der Waals surface area contributed by atoms with E-state index in [-0.39, 0.29) is 23.7 Å². The topological polar surface area (TPSA) is 58.8 Å². The standard InChI is InChI=1S/C13H27N3O2/c1-10(2)15(5)12(17)8-16-7-11(6-14)18-13(3,4)9-16/h10-11H,6-9,14H2,1-5H3. The molecule has 1 amide bonds. The van der Waals surface area contributed by atoms with Gasteiger partial charge in [0, 0.05) is 32.7 Å². The Labute approximate surface area is 110 Å². The minimum Gasteiger partial charge on any atom is -0.368 e. The van der Waals surface area contributed by atoms with E-state index in [1.807, 2.05) is 34.7 Å². The normalized spacial score (nSPS) is 24.3. The van der Waals surface area contributed by atoms with Crippen LogP contribution in [0.25, 0.3) is 0 Å². The molecule has 106 valence electrons. The highest BCUT2D eigenvalue weighted by molar-refractivity contribution is 5.78. The van der Waals surface area contributed by atoms with E-state index in [0.717, 1.165) is 13.1 Å². The fourth-order valence-electron chi connectivity index (χ4n) is 2.25. The number of ether oxygens (including phenoxy) is 1. The molecule has 5 heteroatoms. The van der Waals surface area contributed by atoms with E-state index in [2.05, 4.69) is 4.90 Å². The molecule has 1 saturated heterocycles. The average molecular weight is 257 g/mol. The van der Waals surface area contributed by atoms with Gasteiger partial charge in [0.05, 0.1) is 18.2 Å². The van der Waals surface area contributed by atoms with Crippen molar-refractivity contribution in [3.8, 4) is 0 Å². The predicted molar refractivity (Wildman–Crippen MR) is 72.4 cm³/mol. The van der Waals surface area contributed by atoms with Crippen molar-refractivity contribution in [3.63, 3.8) is 0 Å². The quantitative estimate of drug-likeness (QED) is 0.786. The monoisotopic (exact) mass is 257 g/mol. The van der Waals surface area contributed by atoms with Crippen molar-refractivity contribution >= 4 is 5.91 Å². The first-order chi connectivity index (χ1) is 8.25. The highest BCUT2D eigenvalue weighted by atomic mass is 16.5. The Balaban J connectivity index is 2.58. The van der Waals surface area contributed by atoms with Gasteiger partial charge in [-0.15, -0.1) is 0 Å². The van der Waals surface area contributed by atoms with Crippen molar-refractivity contribution in [3.05, 3.63) is 0 Å². The molecule has 0 radical (unpaired) electrons. The Kier molecular flexibility index (Phi) is 5.13. The zero-order valence-electron chi connectivity index (χ0n) is 12.3. The molecule has 2 N–H and O–H groups in total. The van der Waals surface area contributed by atoms with Crippen LogP contribution in [0.15, 0.2) is 0 Å². The fourth-order valence-corrected chi connectivity index (χ4v) is 2.25. The maximum atomic E-state index is 12.1. The lowest BCUT2D eigenvalue weighted by Gasteiger charge is -2.42. The lowest BCUT2D eigenvalue weighted by molar-refractivity contribution is -0.147. The van der Waals surface area contributed by atoms with Crippen LogP contribution >= 0.6 is 0 Å². The van der Waals surface area contributed by atoms with Gasteiger partial charge < -0.3 is 15.4 Å². The maximum Gasteiger partial charge on any atom is 0.236 e. The molecule has 0 bridgehead atoms. The van der Waals surface area contributed by atoms with Gasteiger partial charge in [-0.1, -0.05) is 0 Å². The van der Waals surface area contributed by atoms with Gasteiger partial charge in [-0.25, -0.2) is 0 Å². The predicted octanol–water partition coefficient (Wildman–Crippen LogP) is 0.291. The van der Waals surface area contributed by atoms with Gasteiger partial charge in [0.15, 0.2) is 0 Å². The summed E-state index contributed by atoms with van der Waals surface area (Å²) in [6, 6.07) is 0.233. The molecule has 1 rings (SSSR count). The second-order valence-electron chi connectivity index (χ2n) is 6.00. The van der Waals surface area contributed by atoms with Crippen LogP contribution in [0.5, 0.6) is 0 Å². The van der Waals surface area contributed by atoms with Gasteiger partial charge in [-0.05, 0) is 27.7 Å². The Morgan fingerprint density at radius 3 is 2.67 bits per heavy atom. The SMILES string of the molecule is CC(C)N(C)C(=O)CN1CC(CN)OC(C)(C)C1. The molecule has 0 saturated carbocycles. The van der Waals surface area contributed by atoms with E-state index >= 15 is 0 Å². The minimum absolute atomic E-state index is 0.0194. The molecule has 1 aliphatic heterocycles. The minimum atomic E-state index is -0.237. The van der Waals surface area contributed by atoms with Crippen LogP contribution in [0.2, 0.25) is 0 Å². The van der Waals surface area contributed by atoms with E-state index in [1.165, 1.54) is 0 Å². The second kappa shape index (κ2) is 5.99. The maximum absolute atomic E-state index is 12.1. The summed E-state index contributed by atoms with van der Waals surface area (Å²) in [6.45, 7) is 10.6. The molecule has 1 heterocycles. The molecule has 1 atom stereocenters. The Morgan fingerprint density at radius 1 is 1.56 bits per heavy atom. The number of rotatable bonds is 4. The second-order valence-corrected chi connectivity index (χ2v) is 6.00. The molecular weight excluding hydrogens is 230 g/mol. The molecule has 0 aliphatic carbocycles. The number of carbonyl (C=O) groups is 1. The molecule has 1 aliphatic rings. The Bertz CT molecular complexity index is 292. The van der Waals surface area contributed by atoms with Crippen molar-refractivity contribution in [2.45, 2.75) is 45.4 Å². The lowest BCUT2D eigenvalue weighted by Crippen LogP contribution is -2.56. The summed E-state index contributed by atoms with van der Waals surface area (Å²) in [4.78, 5) is 16.0. The van der Waals surface area contributed by atoms with E-state index in [1.54, 1.807) is 4.90 Å². The number of nitrogens with two attached hydrogens (primary N) is 1. The smallest absolute Gasteiger partial charge is 0.236 e. The fraction of sp³-hybridized carbons (Fsp3) is 0.923. The van der Waals surface area contributed by atoms with Gasteiger partial charge in [0.1, 0.15) is 0 Å². The van der Waals surface area contributed by atoms with Crippen LogP contribution in [0.1, 0.15) is 27.7 Å². The largest absolute Gasteiger partial charge is 0.368 e. The van der Waals surface area contributed by atoms with E-state index in [0.29, 0.717) is 13.1 Å². The van der Waals surface area contributed by atoms with Crippen LogP contribution in [0, 0.1) is 0 Å². The van der Waals surface area contributed by atoms with E-state index in [9.17, 15) is 4.79 Å². The van der Waals surface area contributed by atoms with Gasteiger partial charge in [0.2, 0.25) is 5.91 Å². The number of carbonyl (C=O) groups excluding carboxylic acids is 1. The van der Waals surface area contributed by atoms with Crippen LogP contribution in [-0.2, 0) is 9.53 Å². The zero-order chi connectivity index (χ0) is 13.9. The summed E-state index contributed by atoms with van der Waals surface area (Å²) >= 11 is 0. The lowest BCUT2D eigenvalue weighted by atomic mass is 10.1. The molecule has 1 unspecified atom stereocenters. The van der Waals surface area contributed by atoms with Gasteiger partial charge in [-0.2, -0.15) is 0 Å². The average Bonchev–Trinajstić information content (AvgIpc) is 2.25. The van der Waals surface area contributed by atoms with Crippen LogP contribution in [0.4, 0.5) is 0 Å². The number of likely N-dealkylation sites (N-methyl/N-ethyl adjacent to an activating group) is 1. The summed E-state index contributed by atoms with van der Waals surface area (Å²) in [7, 11) is 1.85. The summed E-state index contributed by atoms with van der Waals surface area (Å²) in [5.74, 6) is 0.151. The third kappa shape index (κ3) is 4.23. The molecular formula is C13H27N3O2. The number of amides is 1.